The van der Waals surface area contributed by atoms with E-state index in [1.54, 1.807) is 30.5 Å². The number of carbonyl (C=O) groups is 3. The summed E-state index contributed by atoms with van der Waals surface area (Å²) < 4.78 is 22.0. The van der Waals surface area contributed by atoms with E-state index in [-0.39, 0.29) is 5.75 Å². The van der Waals surface area contributed by atoms with Gasteiger partial charge in [0.05, 0.1) is 11.9 Å². The van der Waals surface area contributed by atoms with Gasteiger partial charge in [0.2, 0.25) is 0 Å². The van der Waals surface area contributed by atoms with Crippen LogP contribution in [0.2, 0.25) is 0 Å². The molecule has 0 radical (unpaired) electrons. The highest BCUT2D eigenvalue weighted by Gasteiger charge is 2.47. The second-order valence-electron chi connectivity index (χ2n) is 7.04. The maximum Gasteiger partial charge on any atom is 0.303 e. The molecule has 0 saturated carbocycles. The Kier molecular flexibility index (Phi) is 7.84. The van der Waals surface area contributed by atoms with Crippen molar-refractivity contribution in [3.8, 4) is 23.1 Å². The third kappa shape index (κ3) is 6.43. The molecule has 1 aliphatic rings. The Morgan fingerprint density at radius 1 is 0.939 bits per heavy atom. The van der Waals surface area contributed by atoms with Gasteiger partial charge in [-0.3, -0.25) is 19.4 Å². The zero-order valence-electron chi connectivity index (χ0n) is 18.1. The predicted molar refractivity (Wildman–Crippen MR) is 116 cm³/mol. The molecular formula is C22H21N3O7S. The van der Waals surface area contributed by atoms with Gasteiger partial charge in [0.15, 0.2) is 23.7 Å². The fourth-order valence-electron chi connectivity index (χ4n) is 3.18. The smallest absolute Gasteiger partial charge is 0.303 e. The summed E-state index contributed by atoms with van der Waals surface area (Å²) in [4.78, 5) is 43.3. The van der Waals surface area contributed by atoms with Crippen LogP contribution in [0.5, 0.6) is 5.75 Å². The Morgan fingerprint density at radius 2 is 1.64 bits per heavy atom. The summed E-state index contributed by atoms with van der Waals surface area (Å²) in [5.74, 6) is -1.10. The van der Waals surface area contributed by atoms with E-state index < -0.39 is 41.7 Å². The molecule has 11 heteroatoms. The van der Waals surface area contributed by atoms with E-state index in [2.05, 4.69) is 9.97 Å². The van der Waals surface area contributed by atoms with Crippen molar-refractivity contribution in [2.24, 2.45) is 0 Å². The third-order valence-corrected chi connectivity index (χ3v) is 5.68. The lowest BCUT2D eigenvalue weighted by molar-refractivity contribution is -0.186. The number of carbonyl (C=O) groups excluding carboxylic acids is 3. The topological polar surface area (TPSA) is 138 Å². The van der Waals surface area contributed by atoms with E-state index in [4.69, 9.17) is 24.2 Å². The molecule has 0 bridgehead atoms. The number of hydrogen-bond acceptors (Lipinski definition) is 11. The van der Waals surface area contributed by atoms with Gasteiger partial charge in [-0.05, 0) is 24.3 Å². The highest BCUT2D eigenvalue weighted by molar-refractivity contribution is 7.99. The number of ether oxygens (including phenoxy) is 4. The van der Waals surface area contributed by atoms with Crippen LogP contribution in [-0.4, -0.2) is 57.4 Å². The molecule has 2 aromatic rings. The first-order valence-electron chi connectivity index (χ1n) is 9.89. The van der Waals surface area contributed by atoms with Gasteiger partial charge >= 0.3 is 17.9 Å². The zero-order chi connectivity index (χ0) is 24.0. The van der Waals surface area contributed by atoms with Crippen molar-refractivity contribution in [3.63, 3.8) is 0 Å². The van der Waals surface area contributed by atoms with Crippen molar-refractivity contribution in [1.29, 1.82) is 5.26 Å². The van der Waals surface area contributed by atoms with Crippen molar-refractivity contribution in [1.82, 2.24) is 9.97 Å². The van der Waals surface area contributed by atoms with Gasteiger partial charge in [-0.25, -0.2) is 4.98 Å². The molecule has 4 atom stereocenters. The SMILES string of the molecule is CC(=O)O[C@@H]1[C@@H](OC(C)=O)[C@@H](Oc2ccc(-c3ccc(C#N)nc3)nc2)SC[C@H]1OC(C)=O. The van der Waals surface area contributed by atoms with Gasteiger partial charge in [0, 0.05) is 38.3 Å². The largest absolute Gasteiger partial charge is 0.474 e. The molecule has 0 unspecified atom stereocenters. The van der Waals surface area contributed by atoms with Gasteiger partial charge in [0.1, 0.15) is 17.5 Å². The summed E-state index contributed by atoms with van der Waals surface area (Å²) in [7, 11) is 0. The van der Waals surface area contributed by atoms with Crippen molar-refractivity contribution in [2.75, 3.05) is 5.75 Å². The fourth-order valence-corrected chi connectivity index (χ4v) is 4.39. The molecule has 1 fully saturated rings. The van der Waals surface area contributed by atoms with E-state index >= 15 is 0 Å². The molecule has 0 amide bonds. The number of esters is 3. The van der Waals surface area contributed by atoms with Gasteiger partial charge in [0.25, 0.3) is 0 Å². The lowest BCUT2D eigenvalue weighted by Crippen LogP contribution is -2.55. The molecular weight excluding hydrogens is 450 g/mol. The number of nitriles is 1. The number of aromatic nitrogens is 2. The van der Waals surface area contributed by atoms with E-state index in [0.29, 0.717) is 17.1 Å². The summed E-state index contributed by atoms with van der Waals surface area (Å²) in [5, 5.41) is 8.86. The van der Waals surface area contributed by atoms with Crippen molar-refractivity contribution < 1.29 is 33.3 Å². The van der Waals surface area contributed by atoms with Crippen molar-refractivity contribution >= 4 is 29.7 Å². The van der Waals surface area contributed by atoms with Gasteiger partial charge in [-0.2, -0.15) is 5.26 Å². The number of thioether (sulfide) groups is 1. The van der Waals surface area contributed by atoms with E-state index in [0.717, 1.165) is 5.56 Å². The molecule has 1 aliphatic heterocycles. The van der Waals surface area contributed by atoms with Crippen LogP contribution < -0.4 is 4.74 Å². The van der Waals surface area contributed by atoms with Gasteiger partial charge in [-0.1, -0.05) is 0 Å². The van der Waals surface area contributed by atoms with E-state index in [1.807, 2.05) is 6.07 Å². The normalized spacial score (nSPS) is 21.9. The van der Waals surface area contributed by atoms with Crippen LogP contribution in [0.3, 0.4) is 0 Å². The van der Waals surface area contributed by atoms with Crippen LogP contribution in [0, 0.1) is 11.3 Å². The second kappa shape index (κ2) is 10.8. The first kappa shape index (κ1) is 24.0. The third-order valence-electron chi connectivity index (χ3n) is 4.47. The monoisotopic (exact) mass is 471 g/mol. The number of rotatable bonds is 6. The molecule has 1 saturated heterocycles. The Bertz CT molecular complexity index is 1050. The molecule has 0 aromatic carbocycles. The van der Waals surface area contributed by atoms with Crippen LogP contribution >= 0.6 is 11.8 Å². The van der Waals surface area contributed by atoms with Gasteiger partial charge in [-0.15, -0.1) is 11.8 Å². The lowest BCUT2D eigenvalue weighted by Gasteiger charge is -2.39. The van der Waals surface area contributed by atoms with E-state index in [9.17, 15) is 14.4 Å². The van der Waals surface area contributed by atoms with Crippen LogP contribution in [0.4, 0.5) is 0 Å². The highest BCUT2D eigenvalue weighted by atomic mass is 32.2. The van der Waals surface area contributed by atoms with Crippen LogP contribution in [0.25, 0.3) is 11.3 Å². The van der Waals surface area contributed by atoms with Crippen LogP contribution in [0.15, 0.2) is 36.7 Å². The molecule has 2 aromatic heterocycles. The molecule has 172 valence electrons. The molecule has 3 heterocycles. The summed E-state index contributed by atoms with van der Waals surface area (Å²) in [6, 6.07) is 8.70. The van der Waals surface area contributed by atoms with Crippen LogP contribution in [0.1, 0.15) is 26.5 Å². The second-order valence-corrected chi connectivity index (χ2v) is 8.17. The van der Waals surface area contributed by atoms with E-state index in [1.165, 1.54) is 38.7 Å². The molecule has 33 heavy (non-hydrogen) atoms. The number of pyridine rings is 2. The predicted octanol–water partition coefficient (Wildman–Crippen LogP) is 2.26. The maximum atomic E-state index is 11.7. The minimum absolute atomic E-state index is 0.266. The Labute approximate surface area is 194 Å². The zero-order valence-corrected chi connectivity index (χ0v) is 18.9. The average Bonchev–Trinajstić information content (AvgIpc) is 2.77. The minimum atomic E-state index is -1.03. The highest BCUT2D eigenvalue weighted by Crippen LogP contribution is 2.34. The summed E-state index contributed by atoms with van der Waals surface area (Å²) in [6.07, 6.45) is 0.201. The first-order chi connectivity index (χ1) is 15.8. The summed E-state index contributed by atoms with van der Waals surface area (Å²) in [5.41, 5.74) is 0.914. The maximum absolute atomic E-state index is 11.7. The molecule has 0 aliphatic carbocycles. The number of nitrogens with zero attached hydrogens (tertiary/aromatic N) is 3. The molecule has 3 rings (SSSR count). The summed E-state index contributed by atoms with van der Waals surface area (Å²) >= 11 is 1.26. The average molecular weight is 471 g/mol. The Hall–Kier alpha value is -3.65. The first-order valence-corrected chi connectivity index (χ1v) is 10.9. The fraction of sp³-hybridized carbons (Fsp3) is 0.364. The molecule has 10 nitrogen and oxygen atoms in total. The van der Waals surface area contributed by atoms with Crippen LogP contribution in [-0.2, 0) is 28.6 Å². The Balaban J connectivity index is 1.79. The van der Waals surface area contributed by atoms with Crippen molar-refractivity contribution in [2.45, 2.75) is 44.5 Å². The summed E-state index contributed by atoms with van der Waals surface area (Å²) in [6.45, 7) is 3.69. The Morgan fingerprint density at radius 3 is 2.18 bits per heavy atom. The van der Waals surface area contributed by atoms with Gasteiger partial charge < -0.3 is 18.9 Å². The standard InChI is InChI=1S/C22H21N3O7S/c1-12(26)29-19-11-33-22(21(31-14(3)28)20(19)30-13(2)27)32-17-6-7-18(25-10-17)15-4-5-16(8-23)24-9-15/h4-7,9-10,19-22H,11H2,1-3H3/t19-,20+,21-,22+/m1/s1. The molecule has 0 N–H and O–H groups in total. The quantitative estimate of drug-likeness (QED) is 0.453. The number of hydrogen-bond donors (Lipinski definition) is 0. The molecule has 0 spiro atoms. The van der Waals surface area contributed by atoms with Crippen molar-refractivity contribution in [3.05, 3.63) is 42.4 Å². The lowest BCUT2D eigenvalue weighted by atomic mass is 10.1. The minimum Gasteiger partial charge on any atom is -0.474 e.